The number of hydrogen-bond donors (Lipinski definition) is 2. The Balaban J connectivity index is 1.83. The molecule has 0 saturated carbocycles. The molecule has 1 atom stereocenters. The summed E-state index contributed by atoms with van der Waals surface area (Å²) in [6.07, 6.45) is 0.205. The van der Waals surface area contributed by atoms with Crippen molar-refractivity contribution in [2.24, 2.45) is 0 Å². The summed E-state index contributed by atoms with van der Waals surface area (Å²) in [5.74, 6) is -1.15. The van der Waals surface area contributed by atoms with Crippen LogP contribution in [0.15, 0.2) is 54.6 Å². The molecular weight excluding hydrogens is 369 g/mol. The molecule has 6 nitrogen and oxygen atoms in total. The number of ether oxygens (including phenoxy) is 1. The van der Waals surface area contributed by atoms with Crippen LogP contribution in [0.5, 0.6) is 0 Å². The van der Waals surface area contributed by atoms with Gasteiger partial charge in [0.1, 0.15) is 5.82 Å². The summed E-state index contributed by atoms with van der Waals surface area (Å²) in [4.78, 5) is 0. The third-order valence-corrected chi connectivity index (χ3v) is 6.57. The lowest BCUT2D eigenvalue weighted by Crippen LogP contribution is -2.62. The predicted molar refractivity (Wildman–Crippen MR) is 101 cm³/mol. The second-order valence-electron chi connectivity index (χ2n) is 6.55. The zero-order chi connectivity index (χ0) is 19.5. The maximum Gasteiger partial charge on any atom is 0.239 e. The first-order valence-corrected chi connectivity index (χ1v) is 10.1. The molecule has 0 radical (unpaired) electrons. The van der Waals surface area contributed by atoms with E-state index in [1.165, 1.54) is 13.1 Å². The molecule has 2 aromatic carbocycles. The number of benzene rings is 2. The van der Waals surface area contributed by atoms with Crippen LogP contribution in [0.1, 0.15) is 17.5 Å². The van der Waals surface area contributed by atoms with Gasteiger partial charge in [0.25, 0.3) is 0 Å². The molecule has 0 bridgehead atoms. The van der Waals surface area contributed by atoms with Crippen LogP contribution in [0.4, 0.5) is 4.39 Å². The standard InChI is InChI=1S/C19H22FN3O3S/c1-23-18(21)22-19(14-27(23,24)25,16-9-5-6-10-17(16)20)11-12-26-13-15-7-3-2-4-8-15/h2-10H,11-14H2,1H3,(H2,21,22). The second kappa shape index (κ2) is 7.66. The van der Waals surface area contributed by atoms with Crippen LogP contribution in [0, 0.1) is 11.2 Å². The highest BCUT2D eigenvalue weighted by Crippen LogP contribution is 2.33. The molecule has 2 N–H and O–H groups in total. The van der Waals surface area contributed by atoms with Crippen LogP contribution >= 0.6 is 0 Å². The fraction of sp³-hybridized carbons (Fsp3) is 0.316. The number of rotatable bonds is 6. The molecule has 1 fully saturated rings. The lowest BCUT2D eigenvalue weighted by atomic mass is 9.88. The van der Waals surface area contributed by atoms with E-state index in [2.05, 4.69) is 5.32 Å². The van der Waals surface area contributed by atoms with Crippen molar-refractivity contribution in [1.29, 1.82) is 5.41 Å². The number of hydrogen-bond acceptors (Lipinski definition) is 4. The van der Waals surface area contributed by atoms with Gasteiger partial charge < -0.3 is 10.1 Å². The molecule has 27 heavy (non-hydrogen) atoms. The molecule has 0 aromatic heterocycles. The molecular formula is C19H22FN3O3S. The van der Waals surface area contributed by atoms with Gasteiger partial charge in [-0.2, -0.15) is 0 Å². The Morgan fingerprint density at radius 3 is 2.52 bits per heavy atom. The molecule has 2 aromatic rings. The van der Waals surface area contributed by atoms with E-state index in [0.717, 1.165) is 9.87 Å². The van der Waals surface area contributed by atoms with Crippen LogP contribution in [0.3, 0.4) is 0 Å². The van der Waals surface area contributed by atoms with Gasteiger partial charge in [0.15, 0.2) is 0 Å². The van der Waals surface area contributed by atoms with Gasteiger partial charge >= 0.3 is 0 Å². The normalized spacial score (nSPS) is 21.7. The van der Waals surface area contributed by atoms with E-state index in [9.17, 15) is 12.8 Å². The largest absolute Gasteiger partial charge is 0.377 e. The molecule has 1 aliphatic heterocycles. The van der Waals surface area contributed by atoms with Gasteiger partial charge in [-0.1, -0.05) is 48.5 Å². The van der Waals surface area contributed by atoms with Crippen molar-refractivity contribution in [3.63, 3.8) is 0 Å². The quantitative estimate of drug-likeness (QED) is 0.741. The van der Waals surface area contributed by atoms with Crippen LogP contribution < -0.4 is 5.32 Å². The maximum absolute atomic E-state index is 14.5. The minimum atomic E-state index is -3.75. The van der Waals surface area contributed by atoms with Crippen molar-refractivity contribution < 1.29 is 17.5 Å². The summed E-state index contributed by atoms with van der Waals surface area (Å²) in [7, 11) is -2.44. The minimum absolute atomic E-state index is 0.205. The highest BCUT2D eigenvalue weighted by molar-refractivity contribution is 7.89. The number of halogens is 1. The first-order chi connectivity index (χ1) is 12.8. The van der Waals surface area contributed by atoms with E-state index in [-0.39, 0.29) is 30.3 Å². The average molecular weight is 391 g/mol. The number of nitrogens with one attached hydrogen (secondary N) is 2. The van der Waals surface area contributed by atoms with Crippen molar-refractivity contribution in [2.75, 3.05) is 19.4 Å². The molecule has 0 spiro atoms. The second-order valence-corrected chi connectivity index (χ2v) is 8.55. The SMILES string of the molecule is CN1C(=N)NC(CCOCc2ccccc2)(c2ccccc2F)CS1(=O)=O. The summed E-state index contributed by atoms with van der Waals surface area (Å²) >= 11 is 0. The highest BCUT2D eigenvalue weighted by atomic mass is 32.2. The van der Waals surface area contributed by atoms with Gasteiger partial charge in [0, 0.05) is 19.2 Å². The zero-order valence-electron chi connectivity index (χ0n) is 15.0. The van der Waals surface area contributed by atoms with Gasteiger partial charge in [0.2, 0.25) is 16.0 Å². The van der Waals surface area contributed by atoms with Gasteiger partial charge in [-0.3, -0.25) is 5.41 Å². The van der Waals surface area contributed by atoms with E-state index in [1.807, 2.05) is 30.3 Å². The third-order valence-electron chi connectivity index (χ3n) is 4.69. The summed E-state index contributed by atoms with van der Waals surface area (Å²) in [6.45, 7) is 0.584. The summed E-state index contributed by atoms with van der Waals surface area (Å²) < 4.78 is 46.1. The van der Waals surface area contributed by atoms with Gasteiger partial charge in [-0.15, -0.1) is 0 Å². The Labute approximate surface area is 158 Å². The molecule has 1 saturated heterocycles. The monoisotopic (exact) mass is 391 g/mol. The van der Waals surface area contributed by atoms with Gasteiger partial charge in [-0.25, -0.2) is 17.1 Å². The van der Waals surface area contributed by atoms with E-state index in [1.54, 1.807) is 18.2 Å². The van der Waals surface area contributed by atoms with E-state index in [4.69, 9.17) is 10.1 Å². The zero-order valence-corrected chi connectivity index (χ0v) is 15.8. The van der Waals surface area contributed by atoms with Crippen molar-refractivity contribution >= 4 is 16.0 Å². The Bertz CT molecular complexity index is 921. The van der Waals surface area contributed by atoms with Gasteiger partial charge in [-0.05, 0) is 18.1 Å². The number of sulfonamides is 1. The number of guanidine groups is 1. The van der Waals surface area contributed by atoms with Crippen molar-refractivity contribution in [3.8, 4) is 0 Å². The van der Waals surface area contributed by atoms with Crippen molar-refractivity contribution in [1.82, 2.24) is 9.62 Å². The molecule has 1 aliphatic rings. The fourth-order valence-electron chi connectivity index (χ4n) is 3.16. The first-order valence-electron chi connectivity index (χ1n) is 8.54. The smallest absolute Gasteiger partial charge is 0.239 e. The topological polar surface area (TPSA) is 82.5 Å². The molecule has 3 rings (SSSR count). The Hall–Kier alpha value is -2.45. The Morgan fingerprint density at radius 2 is 1.85 bits per heavy atom. The van der Waals surface area contributed by atoms with Crippen molar-refractivity contribution in [2.45, 2.75) is 18.6 Å². The van der Waals surface area contributed by atoms with Crippen LogP contribution in [-0.2, 0) is 26.9 Å². The molecule has 0 aliphatic carbocycles. The summed E-state index contributed by atoms with van der Waals surface area (Å²) in [6, 6.07) is 15.6. The van der Waals surface area contributed by atoms with Crippen LogP contribution in [0.25, 0.3) is 0 Å². The summed E-state index contributed by atoms with van der Waals surface area (Å²) in [5, 5.41) is 10.9. The lowest BCUT2D eigenvalue weighted by Gasteiger charge is -2.42. The molecule has 1 heterocycles. The van der Waals surface area contributed by atoms with Crippen molar-refractivity contribution in [3.05, 3.63) is 71.5 Å². The summed E-state index contributed by atoms with van der Waals surface area (Å²) in [5.41, 5.74) is -0.0475. The van der Waals surface area contributed by atoms with Crippen LogP contribution in [0.2, 0.25) is 0 Å². The lowest BCUT2D eigenvalue weighted by molar-refractivity contribution is 0.0993. The fourth-order valence-corrected chi connectivity index (χ4v) is 4.68. The first kappa shape index (κ1) is 19.3. The Morgan fingerprint density at radius 1 is 1.19 bits per heavy atom. The minimum Gasteiger partial charge on any atom is -0.377 e. The molecule has 144 valence electrons. The third kappa shape index (κ3) is 4.12. The molecule has 1 unspecified atom stereocenters. The number of nitrogens with zero attached hydrogens (tertiary/aromatic N) is 1. The van der Waals surface area contributed by atoms with Crippen LogP contribution in [-0.4, -0.2) is 38.1 Å². The van der Waals surface area contributed by atoms with E-state index >= 15 is 0 Å². The average Bonchev–Trinajstić information content (AvgIpc) is 2.64. The van der Waals surface area contributed by atoms with Gasteiger partial charge in [0.05, 0.1) is 17.9 Å². The molecule has 8 heteroatoms. The molecule has 0 amide bonds. The highest BCUT2D eigenvalue weighted by Gasteiger charge is 2.46. The van der Waals surface area contributed by atoms with E-state index < -0.39 is 21.4 Å². The predicted octanol–water partition coefficient (Wildman–Crippen LogP) is 2.43. The maximum atomic E-state index is 14.5. The Kier molecular flexibility index (Phi) is 5.48. The van der Waals surface area contributed by atoms with E-state index in [0.29, 0.717) is 6.61 Å².